The molecule has 2 aliphatic rings. The van der Waals surface area contributed by atoms with E-state index in [2.05, 4.69) is 20.8 Å². The van der Waals surface area contributed by atoms with Crippen LogP contribution in [-0.4, -0.2) is 23.4 Å². The molecule has 2 fully saturated rings. The van der Waals surface area contributed by atoms with Crippen molar-refractivity contribution >= 4 is 0 Å². The Kier molecular flexibility index (Phi) is 3.60. The first kappa shape index (κ1) is 12.4. The minimum atomic E-state index is -0.0914. The van der Waals surface area contributed by atoms with E-state index in [0.717, 1.165) is 12.8 Å². The Morgan fingerprint density at radius 2 is 1.88 bits per heavy atom. The predicted octanol–water partition coefficient (Wildman–Crippen LogP) is 3.13. The summed E-state index contributed by atoms with van der Waals surface area (Å²) in [6, 6.07) is 0. The quantitative estimate of drug-likeness (QED) is 0.798. The van der Waals surface area contributed by atoms with Gasteiger partial charge in [0.25, 0.3) is 0 Å². The Bertz CT molecular complexity index is 231. The fourth-order valence-electron chi connectivity index (χ4n) is 3.61. The summed E-state index contributed by atoms with van der Waals surface area (Å²) in [6.07, 6.45) is 7.47. The SMILES string of the molecule is CC(C)CC(C)OC1CC(O)C12CCCC2. The molecule has 0 amide bonds. The van der Waals surface area contributed by atoms with Gasteiger partial charge in [-0.05, 0) is 32.1 Å². The van der Waals surface area contributed by atoms with E-state index in [1.807, 2.05) is 0 Å². The van der Waals surface area contributed by atoms with Crippen molar-refractivity contribution in [3.63, 3.8) is 0 Å². The molecule has 0 bridgehead atoms. The number of aliphatic hydroxyl groups is 1. The van der Waals surface area contributed by atoms with Gasteiger partial charge in [0.2, 0.25) is 0 Å². The summed E-state index contributed by atoms with van der Waals surface area (Å²) in [6.45, 7) is 6.65. The summed E-state index contributed by atoms with van der Waals surface area (Å²) < 4.78 is 6.15. The van der Waals surface area contributed by atoms with Crippen molar-refractivity contribution in [3.05, 3.63) is 0 Å². The van der Waals surface area contributed by atoms with Crippen LogP contribution >= 0.6 is 0 Å². The topological polar surface area (TPSA) is 29.5 Å². The van der Waals surface area contributed by atoms with Crippen molar-refractivity contribution in [2.24, 2.45) is 11.3 Å². The Morgan fingerprint density at radius 1 is 1.25 bits per heavy atom. The van der Waals surface area contributed by atoms with Gasteiger partial charge in [-0.2, -0.15) is 0 Å². The first-order valence-electron chi connectivity index (χ1n) is 6.88. The van der Waals surface area contributed by atoms with Gasteiger partial charge in [-0.15, -0.1) is 0 Å². The molecule has 2 heteroatoms. The molecule has 3 unspecified atom stereocenters. The van der Waals surface area contributed by atoms with E-state index in [1.54, 1.807) is 0 Å². The molecular formula is C14H26O2. The zero-order chi connectivity index (χ0) is 11.8. The summed E-state index contributed by atoms with van der Waals surface area (Å²) >= 11 is 0. The third-order valence-corrected chi connectivity index (χ3v) is 4.48. The van der Waals surface area contributed by atoms with Crippen LogP contribution in [-0.2, 0) is 4.74 Å². The average molecular weight is 226 g/mol. The maximum absolute atomic E-state index is 9.98. The Labute approximate surface area is 99.4 Å². The molecule has 0 saturated heterocycles. The molecule has 1 N–H and O–H groups in total. The van der Waals surface area contributed by atoms with Gasteiger partial charge in [0.15, 0.2) is 0 Å². The van der Waals surface area contributed by atoms with Crippen molar-refractivity contribution < 1.29 is 9.84 Å². The summed E-state index contributed by atoms with van der Waals surface area (Å²) in [5.41, 5.74) is 0.144. The van der Waals surface area contributed by atoms with Crippen LogP contribution in [0.3, 0.4) is 0 Å². The van der Waals surface area contributed by atoms with E-state index in [9.17, 15) is 5.11 Å². The van der Waals surface area contributed by atoms with Gasteiger partial charge in [-0.1, -0.05) is 26.7 Å². The van der Waals surface area contributed by atoms with Gasteiger partial charge in [0, 0.05) is 11.8 Å². The van der Waals surface area contributed by atoms with Crippen molar-refractivity contribution in [2.75, 3.05) is 0 Å². The number of aliphatic hydroxyl groups excluding tert-OH is 1. The second kappa shape index (κ2) is 4.66. The van der Waals surface area contributed by atoms with Crippen molar-refractivity contribution in [1.29, 1.82) is 0 Å². The fourth-order valence-corrected chi connectivity index (χ4v) is 3.61. The molecule has 0 aromatic rings. The standard InChI is InChI=1S/C14H26O2/c1-10(2)8-11(3)16-13-9-12(15)14(13)6-4-5-7-14/h10-13,15H,4-9H2,1-3H3. The van der Waals surface area contributed by atoms with Crippen LogP contribution in [0.1, 0.15) is 59.3 Å². The summed E-state index contributed by atoms with van der Waals surface area (Å²) in [4.78, 5) is 0. The van der Waals surface area contributed by atoms with Crippen LogP contribution in [0.15, 0.2) is 0 Å². The normalized spacial score (nSPS) is 34.3. The fraction of sp³-hybridized carbons (Fsp3) is 1.00. The Balaban J connectivity index is 1.86. The van der Waals surface area contributed by atoms with Crippen LogP contribution in [0.4, 0.5) is 0 Å². The van der Waals surface area contributed by atoms with Gasteiger partial charge >= 0.3 is 0 Å². The van der Waals surface area contributed by atoms with Crippen LogP contribution in [0.2, 0.25) is 0 Å². The minimum absolute atomic E-state index is 0.0914. The first-order valence-corrected chi connectivity index (χ1v) is 6.88. The molecular weight excluding hydrogens is 200 g/mol. The first-order chi connectivity index (χ1) is 7.54. The Morgan fingerprint density at radius 3 is 2.38 bits per heavy atom. The number of hydrogen-bond acceptors (Lipinski definition) is 2. The molecule has 2 nitrogen and oxygen atoms in total. The highest BCUT2D eigenvalue weighted by Gasteiger charge is 2.56. The molecule has 2 rings (SSSR count). The molecule has 94 valence electrons. The lowest BCUT2D eigenvalue weighted by Gasteiger charge is -2.52. The van der Waals surface area contributed by atoms with Crippen LogP contribution in [0, 0.1) is 11.3 Å². The van der Waals surface area contributed by atoms with Crippen molar-refractivity contribution in [2.45, 2.75) is 77.6 Å². The molecule has 1 spiro atoms. The van der Waals surface area contributed by atoms with Gasteiger partial charge in [-0.3, -0.25) is 0 Å². The van der Waals surface area contributed by atoms with Crippen LogP contribution in [0.5, 0.6) is 0 Å². The predicted molar refractivity (Wildman–Crippen MR) is 65.3 cm³/mol. The van der Waals surface area contributed by atoms with Gasteiger partial charge in [-0.25, -0.2) is 0 Å². The Hall–Kier alpha value is -0.0800. The molecule has 16 heavy (non-hydrogen) atoms. The average Bonchev–Trinajstić information content (AvgIpc) is 2.67. The molecule has 2 saturated carbocycles. The van der Waals surface area contributed by atoms with Crippen LogP contribution in [0.25, 0.3) is 0 Å². The third kappa shape index (κ3) is 2.14. The van der Waals surface area contributed by atoms with E-state index in [1.165, 1.54) is 25.7 Å². The smallest absolute Gasteiger partial charge is 0.0684 e. The minimum Gasteiger partial charge on any atom is -0.392 e. The second-order valence-corrected chi connectivity index (χ2v) is 6.26. The highest BCUT2D eigenvalue weighted by Crippen LogP contribution is 2.55. The highest BCUT2D eigenvalue weighted by molar-refractivity contribution is 5.06. The monoisotopic (exact) mass is 226 g/mol. The molecule has 0 radical (unpaired) electrons. The second-order valence-electron chi connectivity index (χ2n) is 6.26. The van der Waals surface area contributed by atoms with Gasteiger partial charge in [0.05, 0.1) is 18.3 Å². The van der Waals surface area contributed by atoms with Crippen molar-refractivity contribution in [3.8, 4) is 0 Å². The maximum atomic E-state index is 9.98. The lowest BCUT2D eigenvalue weighted by atomic mass is 9.62. The molecule has 0 aliphatic heterocycles. The molecule has 0 aromatic heterocycles. The molecule has 2 aliphatic carbocycles. The lowest BCUT2D eigenvalue weighted by molar-refractivity contribution is -0.206. The molecule has 3 atom stereocenters. The largest absolute Gasteiger partial charge is 0.392 e. The zero-order valence-electron chi connectivity index (χ0n) is 10.9. The molecule has 0 heterocycles. The van der Waals surface area contributed by atoms with E-state index >= 15 is 0 Å². The van der Waals surface area contributed by atoms with Crippen LogP contribution < -0.4 is 0 Å². The number of ether oxygens (including phenoxy) is 1. The maximum Gasteiger partial charge on any atom is 0.0684 e. The van der Waals surface area contributed by atoms with E-state index in [-0.39, 0.29) is 11.5 Å². The lowest BCUT2D eigenvalue weighted by Crippen LogP contribution is -2.57. The summed E-state index contributed by atoms with van der Waals surface area (Å²) in [5.74, 6) is 0.694. The van der Waals surface area contributed by atoms with E-state index in [4.69, 9.17) is 4.74 Å². The molecule has 0 aromatic carbocycles. The zero-order valence-corrected chi connectivity index (χ0v) is 10.9. The number of rotatable bonds is 4. The van der Waals surface area contributed by atoms with Gasteiger partial charge < -0.3 is 9.84 Å². The number of hydrogen-bond donors (Lipinski definition) is 1. The summed E-state index contributed by atoms with van der Waals surface area (Å²) in [7, 11) is 0. The van der Waals surface area contributed by atoms with Crippen molar-refractivity contribution in [1.82, 2.24) is 0 Å². The summed E-state index contributed by atoms with van der Waals surface area (Å²) in [5, 5.41) is 9.98. The van der Waals surface area contributed by atoms with E-state index < -0.39 is 0 Å². The third-order valence-electron chi connectivity index (χ3n) is 4.48. The highest BCUT2D eigenvalue weighted by atomic mass is 16.5. The van der Waals surface area contributed by atoms with Gasteiger partial charge in [0.1, 0.15) is 0 Å². The van der Waals surface area contributed by atoms with E-state index in [0.29, 0.717) is 18.1 Å².